The van der Waals surface area contributed by atoms with Gasteiger partial charge in [0.15, 0.2) is 0 Å². The molecule has 0 unspecified atom stereocenters. The molecule has 0 aromatic heterocycles. The average Bonchev–Trinajstić information content (AvgIpc) is 2.66. The van der Waals surface area contributed by atoms with E-state index in [9.17, 15) is 0 Å². The molecule has 0 amide bonds. The van der Waals surface area contributed by atoms with Gasteiger partial charge in [0.2, 0.25) is 0 Å². The molecule has 0 N–H and O–H groups in total. The van der Waals surface area contributed by atoms with Crippen LogP contribution in [0.2, 0.25) is 0 Å². The van der Waals surface area contributed by atoms with Crippen LogP contribution in [0.1, 0.15) is 59.1 Å². The molecule has 1 aromatic rings. The van der Waals surface area contributed by atoms with Crippen molar-refractivity contribution in [2.75, 3.05) is 0 Å². The molecule has 0 saturated heterocycles. The van der Waals surface area contributed by atoms with Crippen LogP contribution in [-0.4, -0.2) is 5.54 Å². The molecule has 0 bridgehead atoms. The smallest absolute Gasteiger partial charge is 0.0855 e. The van der Waals surface area contributed by atoms with E-state index in [-0.39, 0.29) is 5.54 Å². The van der Waals surface area contributed by atoms with E-state index >= 15 is 0 Å². The normalized spacial score (nSPS) is 16.5. The van der Waals surface area contributed by atoms with Crippen LogP contribution in [0.4, 0.5) is 0 Å². The third kappa shape index (κ3) is 3.69. The Bertz CT molecular complexity index is 625. The van der Waals surface area contributed by atoms with Gasteiger partial charge in [-0.1, -0.05) is 29.8 Å². The number of benzene rings is 1. The molecule has 0 heterocycles. The minimum Gasteiger partial charge on any atom is -0.189 e. The molecule has 1 aliphatic carbocycles. The van der Waals surface area contributed by atoms with Crippen LogP contribution in [0.15, 0.2) is 51.2 Å². The second-order valence-corrected chi connectivity index (χ2v) is 6.91. The molecule has 0 atom stereocenters. The van der Waals surface area contributed by atoms with E-state index in [0.717, 1.165) is 6.42 Å². The van der Waals surface area contributed by atoms with E-state index in [1.165, 1.54) is 33.4 Å². The molecule has 0 fully saturated rings. The molecule has 2 heteroatoms. The molecule has 0 radical (unpaired) electrons. The maximum Gasteiger partial charge on any atom is 0.0855 e. The Morgan fingerprint density at radius 3 is 2.24 bits per heavy atom. The van der Waals surface area contributed by atoms with Gasteiger partial charge in [0.05, 0.1) is 12.1 Å². The lowest BCUT2D eigenvalue weighted by Crippen LogP contribution is -2.08. The van der Waals surface area contributed by atoms with Crippen molar-refractivity contribution in [1.82, 2.24) is 0 Å². The second kappa shape index (κ2) is 5.97. The Morgan fingerprint density at radius 1 is 1.00 bits per heavy atom. The zero-order valence-electron chi connectivity index (χ0n) is 14.1. The van der Waals surface area contributed by atoms with Gasteiger partial charge in [0.1, 0.15) is 0 Å². The maximum atomic E-state index is 4.40. The molecular weight excluding hydrogens is 256 g/mol. The summed E-state index contributed by atoms with van der Waals surface area (Å²) in [6.07, 6.45) is 1.06. The van der Waals surface area contributed by atoms with Gasteiger partial charge in [0, 0.05) is 0 Å². The SMILES string of the molecule is CC1=C(C)C(C)=C(c2ccccc2CN=NC(C)(C)C)C1. The van der Waals surface area contributed by atoms with E-state index in [4.69, 9.17) is 0 Å². The van der Waals surface area contributed by atoms with Crippen LogP contribution >= 0.6 is 0 Å². The summed E-state index contributed by atoms with van der Waals surface area (Å²) in [7, 11) is 0. The zero-order valence-corrected chi connectivity index (χ0v) is 14.1. The molecule has 2 nitrogen and oxygen atoms in total. The van der Waals surface area contributed by atoms with Gasteiger partial charge >= 0.3 is 0 Å². The van der Waals surface area contributed by atoms with Crippen LogP contribution < -0.4 is 0 Å². The molecule has 1 aromatic carbocycles. The summed E-state index contributed by atoms with van der Waals surface area (Å²) < 4.78 is 0. The first-order chi connectivity index (χ1) is 9.79. The van der Waals surface area contributed by atoms with Crippen molar-refractivity contribution >= 4 is 5.57 Å². The number of azo groups is 1. The van der Waals surface area contributed by atoms with Gasteiger partial charge in [-0.25, -0.2) is 0 Å². The molecule has 112 valence electrons. The molecular formula is C19H26N2. The third-order valence-corrected chi connectivity index (χ3v) is 4.05. The standard InChI is InChI=1S/C19H26N2/c1-13-11-18(15(3)14(13)2)17-10-8-7-9-16(17)12-20-21-19(4,5)6/h7-10H,11-12H2,1-6H3. The third-order valence-electron chi connectivity index (χ3n) is 4.05. The number of allylic oxidation sites excluding steroid dienone is 4. The Labute approximate surface area is 128 Å². The summed E-state index contributed by atoms with van der Waals surface area (Å²) in [5, 5.41) is 8.76. The van der Waals surface area contributed by atoms with Crippen molar-refractivity contribution in [3.05, 3.63) is 52.1 Å². The highest BCUT2D eigenvalue weighted by Gasteiger charge is 2.18. The lowest BCUT2D eigenvalue weighted by molar-refractivity contribution is 0.537. The number of hydrogen-bond acceptors (Lipinski definition) is 2. The van der Waals surface area contributed by atoms with Crippen LogP contribution in [0.25, 0.3) is 5.57 Å². The fraction of sp³-hybridized carbons (Fsp3) is 0.474. The zero-order chi connectivity index (χ0) is 15.6. The lowest BCUT2D eigenvalue weighted by Gasteiger charge is -2.12. The maximum absolute atomic E-state index is 4.40. The first kappa shape index (κ1) is 15.7. The summed E-state index contributed by atoms with van der Waals surface area (Å²) in [5.74, 6) is 0. The summed E-state index contributed by atoms with van der Waals surface area (Å²) in [6.45, 7) is 13.6. The summed E-state index contributed by atoms with van der Waals surface area (Å²) in [4.78, 5) is 0. The van der Waals surface area contributed by atoms with E-state index in [0.29, 0.717) is 6.54 Å². The van der Waals surface area contributed by atoms with Crippen LogP contribution in [0, 0.1) is 0 Å². The molecule has 0 saturated carbocycles. The van der Waals surface area contributed by atoms with Crippen molar-refractivity contribution in [2.45, 2.75) is 60.0 Å². The van der Waals surface area contributed by atoms with Gasteiger partial charge in [-0.2, -0.15) is 10.2 Å². The van der Waals surface area contributed by atoms with Gasteiger partial charge in [0.25, 0.3) is 0 Å². The number of nitrogens with zero attached hydrogens (tertiary/aromatic N) is 2. The van der Waals surface area contributed by atoms with Gasteiger partial charge in [-0.05, 0) is 75.8 Å². The molecule has 0 spiro atoms. The van der Waals surface area contributed by atoms with Gasteiger partial charge in [-0.15, -0.1) is 0 Å². The monoisotopic (exact) mass is 282 g/mol. The van der Waals surface area contributed by atoms with Gasteiger partial charge < -0.3 is 0 Å². The topological polar surface area (TPSA) is 24.7 Å². The Balaban J connectivity index is 2.30. The van der Waals surface area contributed by atoms with Crippen LogP contribution in [-0.2, 0) is 6.54 Å². The second-order valence-electron chi connectivity index (χ2n) is 6.91. The van der Waals surface area contributed by atoms with Gasteiger partial charge in [-0.3, -0.25) is 0 Å². The largest absolute Gasteiger partial charge is 0.189 e. The minimum atomic E-state index is -0.105. The Hall–Kier alpha value is -1.70. The Kier molecular flexibility index (Phi) is 4.46. The molecule has 21 heavy (non-hydrogen) atoms. The number of hydrogen-bond donors (Lipinski definition) is 0. The molecule has 1 aliphatic rings. The fourth-order valence-electron chi connectivity index (χ4n) is 2.65. The first-order valence-electron chi connectivity index (χ1n) is 7.63. The summed E-state index contributed by atoms with van der Waals surface area (Å²) in [5.41, 5.74) is 8.29. The predicted molar refractivity (Wildman–Crippen MR) is 90.3 cm³/mol. The van der Waals surface area contributed by atoms with Crippen LogP contribution in [0.5, 0.6) is 0 Å². The highest BCUT2D eigenvalue weighted by atomic mass is 15.1. The van der Waals surface area contributed by atoms with Crippen molar-refractivity contribution < 1.29 is 0 Å². The summed E-state index contributed by atoms with van der Waals surface area (Å²) >= 11 is 0. The Morgan fingerprint density at radius 2 is 1.67 bits per heavy atom. The fourth-order valence-corrected chi connectivity index (χ4v) is 2.65. The van der Waals surface area contributed by atoms with E-state index in [1.54, 1.807) is 0 Å². The number of rotatable bonds is 3. The lowest BCUT2D eigenvalue weighted by atomic mass is 9.95. The average molecular weight is 282 g/mol. The highest BCUT2D eigenvalue weighted by molar-refractivity contribution is 5.79. The predicted octanol–water partition coefficient (Wildman–Crippen LogP) is 5.95. The van der Waals surface area contributed by atoms with Crippen molar-refractivity contribution in [1.29, 1.82) is 0 Å². The van der Waals surface area contributed by atoms with E-state index in [2.05, 4.69) is 76.0 Å². The summed E-state index contributed by atoms with van der Waals surface area (Å²) in [6, 6.07) is 8.58. The molecule has 2 rings (SSSR count). The van der Waals surface area contributed by atoms with Crippen molar-refractivity contribution in [3.8, 4) is 0 Å². The van der Waals surface area contributed by atoms with Crippen molar-refractivity contribution in [3.63, 3.8) is 0 Å². The first-order valence-corrected chi connectivity index (χ1v) is 7.63. The van der Waals surface area contributed by atoms with E-state index in [1.807, 2.05) is 0 Å². The van der Waals surface area contributed by atoms with Crippen molar-refractivity contribution in [2.24, 2.45) is 10.2 Å². The highest BCUT2D eigenvalue weighted by Crippen LogP contribution is 2.38. The minimum absolute atomic E-state index is 0.105. The quantitative estimate of drug-likeness (QED) is 0.612. The van der Waals surface area contributed by atoms with Crippen LogP contribution in [0.3, 0.4) is 0 Å². The van der Waals surface area contributed by atoms with E-state index < -0.39 is 0 Å². The molecule has 0 aliphatic heterocycles.